The second-order valence-electron chi connectivity index (χ2n) is 3.13. The van der Waals surface area contributed by atoms with Crippen molar-refractivity contribution in [1.29, 1.82) is 0 Å². The van der Waals surface area contributed by atoms with Crippen molar-refractivity contribution in [3.05, 3.63) is 42.5 Å². The Morgan fingerprint density at radius 3 is 2.60 bits per heavy atom. The minimum Gasteiger partial charge on any atom is -0.306 e. The Kier molecular flexibility index (Phi) is 2.51. The molecule has 0 bridgehead atoms. The fourth-order valence-electron chi connectivity index (χ4n) is 1.49. The maximum atomic E-state index is 11.1. The Morgan fingerprint density at radius 2 is 1.80 bits per heavy atom. The maximum absolute atomic E-state index is 11.1. The topological polar surface area (TPSA) is 67.1 Å². The van der Waals surface area contributed by atoms with Crippen molar-refractivity contribution >= 4 is 22.5 Å². The van der Waals surface area contributed by atoms with Gasteiger partial charge in [0, 0.05) is 5.39 Å². The van der Waals surface area contributed by atoms with Gasteiger partial charge in [-0.25, -0.2) is 10.6 Å². The molecule has 0 saturated heterocycles. The van der Waals surface area contributed by atoms with Crippen LogP contribution >= 0.6 is 0 Å². The monoisotopic (exact) mass is 201 g/mol. The molecule has 76 valence electrons. The van der Waals surface area contributed by atoms with Gasteiger partial charge in [0.1, 0.15) is 0 Å². The van der Waals surface area contributed by atoms with Crippen molar-refractivity contribution in [3.8, 4) is 0 Å². The SMILES string of the molecule is NNC(=O)Nc1cccc2ccccc12. The molecule has 0 aliphatic carbocycles. The molecule has 4 heteroatoms. The summed E-state index contributed by atoms with van der Waals surface area (Å²) in [4.78, 5) is 11.1. The number of urea groups is 1. The van der Waals surface area contributed by atoms with Crippen molar-refractivity contribution in [1.82, 2.24) is 5.43 Å². The van der Waals surface area contributed by atoms with Crippen LogP contribution in [0.25, 0.3) is 10.8 Å². The summed E-state index contributed by atoms with van der Waals surface area (Å²) < 4.78 is 0. The molecule has 15 heavy (non-hydrogen) atoms. The summed E-state index contributed by atoms with van der Waals surface area (Å²) in [5.74, 6) is 5.00. The zero-order valence-electron chi connectivity index (χ0n) is 8.03. The number of carbonyl (C=O) groups excluding carboxylic acids is 1. The van der Waals surface area contributed by atoms with E-state index in [1.165, 1.54) is 0 Å². The van der Waals surface area contributed by atoms with E-state index in [0.717, 1.165) is 16.5 Å². The molecular formula is C11H11N3O. The van der Waals surface area contributed by atoms with Crippen LogP contribution in [-0.2, 0) is 0 Å². The van der Waals surface area contributed by atoms with Gasteiger partial charge in [-0.3, -0.25) is 5.43 Å². The first-order valence-corrected chi connectivity index (χ1v) is 4.56. The highest BCUT2D eigenvalue weighted by Gasteiger charge is 2.02. The third-order valence-electron chi connectivity index (χ3n) is 2.17. The first kappa shape index (κ1) is 9.48. The second-order valence-corrected chi connectivity index (χ2v) is 3.13. The van der Waals surface area contributed by atoms with Crippen LogP contribution < -0.4 is 16.6 Å². The highest BCUT2D eigenvalue weighted by Crippen LogP contribution is 2.22. The Hall–Kier alpha value is -2.07. The highest BCUT2D eigenvalue weighted by molar-refractivity contribution is 6.01. The van der Waals surface area contributed by atoms with Crippen molar-refractivity contribution in [2.45, 2.75) is 0 Å². The van der Waals surface area contributed by atoms with Crippen molar-refractivity contribution in [2.75, 3.05) is 5.32 Å². The largest absolute Gasteiger partial charge is 0.333 e. The molecule has 0 atom stereocenters. The number of hydrogen-bond acceptors (Lipinski definition) is 2. The molecule has 2 rings (SSSR count). The van der Waals surface area contributed by atoms with Crippen LogP contribution in [0.3, 0.4) is 0 Å². The van der Waals surface area contributed by atoms with Crippen molar-refractivity contribution < 1.29 is 4.79 Å². The summed E-state index contributed by atoms with van der Waals surface area (Å²) in [6.45, 7) is 0. The van der Waals surface area contributed by atoms with Crippen molar-refractivity contribution in [3.63, 3.8) is 0 Å². The summed E-state index contributed by atoms with van der Waals surface area (Å²) in [5.41, 5.74) is 2.77. The molecule has 0 fully saturated rings. The van der Waals surface area contributed by atoms with Crippen LogP contribution in [0, 0.1) is 0 Å². The van der Waals surface area contributed by atoms with Gasteiger partial charge in [0.25, 0.3) is 0 Å². The van der Waals surface area contributed by atoms with Gasteiger partial charge in [0.2, 0.25) is 0 Å². The third-order valence-corrected chi connectivity index (χ3v) is 2.17. The number of hydrogen-bond donors (Lipinski definition) is 3. The molecule has 2 aromatic rings. The first-order valence-electron chi connectivity index (χ1n) is 4.56. The lowest BCUT2D eigenvalue weighted by Crippen LogP contribution is -2.34. The van der Waals surface area contributed by atoms with Gasteiger partial charge in [0.05, 0.1) is 5.69 Å². The van der Waals surface area contributed by atoms with Gasteiger partial charge in [-0.2, -0.15) is 0 Å². The van der Waals surface area contributed by atoms with E-state index in [9.17, 15) is 4.79 Å². The molecule has 0 spiro atoms. The van der Waals surface area contributed by atoms with Crippen LogP contribution in [0.2, 0.25) is 0 Å². The summed E-state index contributed by atoms with van der Waals surface area (Å²) in [5, 5.41) is 4.73. The molecular weight excluding hydrogens is 190 g/mol. The molecule has 0 unspecified atom stereocenters. The Labute approximate surface area is 87.0 Å². The lowest BCUT2D eigenvalue weighted by atomic mass is 10.1. The molecule has 0 aliphatic heterocycles. The number of anilines is 1. The van der Waals surface area contributed by atoms with E-state index in [-0.39, 0.29) is 0 Å². The number of hydrazine groups is 1. The van der Waals surface area contributed by atoms with Crippen LogP contribution in [-0.4, -0.2) is 6.03 Å². The predicted molar refractivity (Wildman–Crippen MR) is 60.3 cm³/mol. The van der Waals surface area contributed by atoms with Gasteiger partial charge >= 0.3 is 6.03 Å². The fourth-order valence-corrected chi connectivity index (χ4v) is 1.49. The zero-order valence-corrected chi connectivity index (χ0v) is 8.03. The summed E-state index contributed by atoms with van der Waals surface area (Å²) in [6.07, 6.45) is 0. The number of nitrogens with one attached hydrogen (secondary N) is 2. The highest BCUT2D eigenvalue weighted by atomic mass is 16.2. The van der Waals surface area contributed by atoms with Crippen LogP contribution in [0.4, 0.5) is 10.5 Å². The van der Waals surface area contributed by atoms with E-state index in [4.69, 9.17) is 5.84 Å². The minimum atomic E-state index is -0.425. The van der Waals surface area contributed by atoms with Gasteiger partial charge in [0.15, 0.2) is 0 Å². The quantitative estimate of drug-likeness (QED) is 0.374. The smallest absolute Gasteiger partial charge is 0.306 e. The molecule has 0 aromatic heterocycles. The average molecular weight is 201 g/mol. The molecule has 4 N–H and O–H groups in total. The van der Waals surface area contributed by atoms with E-state index in [1.54, 1.807) is 0 Å². The molecule has 2 amide bonds. The molecule has 2 aromatic carbocycles. The predicted octanol–water partition coefficient (Wildman–Crippen LogP) is 1.83. The number of rotatable bonds is 1. The number of amides is 2. The maximum Gasteiger partial charge on any atom is 0.333 e. The number of fused-ring (bicyclic) bond motifs is 1. The zero-order chi connectivity index (χ0) is 10.7. The second kappa shape index (κ2) is 3.98. The molecule has 0 heterocycles. The minimum absolute atomic E-state index is 0.425. The van der Waals surface area contributed by atoms with E-state index in [2.05, 4.69) is 5.32 Å². The standard InChI is InChI=1S/C11H11N3O/c12-14-11(15)13-10-7-3-5-8-4-1-2-6-9(8)10/h1-7H,12H2,(H2,13,14,15). The summed E-state index contributed by atoms with van der Waals surface area (Å²) in [7, 11) is 0. The average Bonchev–Trinajstić information content (AvgIpc) is 2.29. The molecule has 0 saturated carbocycles. The Balaban J connectivity index is 2.46. The van der Waals surface area contributed by atoms with Crippen LogP contribution in [0.5, 0.6) is 0 Å². The summed E-state index contributed by atoms with van der Waals surface area (Å²) >= 11 is 0. The van der Waals surface area contributed by atoms with Crippen LogP contribution in [0.1, 0.15) is 0 Å². The van der Waals surface area contributed by atoms with E-state index in [1.807, 2.05) is 47.9 Å². The normalized spacial score (nSPS) is 9.93. The number of carbonyl (C=O) groups is 1. The van der Waals surface area contributed by atoms with E-state index in [0.29, 0.717) is 0 Å². The Morgan fingerprint density at radius 1 is 1.07 bits per heavy atom. The van der Waals surface area contributed by atoms with Crippen molar-refractivity contribution in [2.24, 2.45) is 5.84 Å². The Bertz CT molecular complexity index is 491. The molecule has 0 radical (unpaired) electrons. The van der Waals surface area contributed by atoms with E-state index >= 15 is 0 Å². The van der Waals surface area contributed by atoms with Gasteiger partial charge in [-0.15, -0.1) is 0 Å². The van der Waals surface area contributed by atoms with Crippen LogP contribution in [0.15, 0.2) is 42.5 Å². The number of nitrogens with two attached hydrogens (primary N) is 1. The molecule has 4 nitrogen and oxygen atoms in total. The number of benzene rings is 2. The lowest BCUT2D eigenvalue weighted by molar-refractivity contribution is 0.252. The molecule has 0 aliphatic rings. The van der Waals surface area contributed by atoms with Gasteiger partial charge < -0.3 is 5.32 Å². The third kappa shape index (κ3) is 1.89. The van der Waals surface area contributed by atoms with E-state index < -0.39 is 6.03 Å². The summed E-state index contributed by atoms with van der Waals surface area (Å²) in [6, 6.07) is 13.1. The van der Waals surface area contributed by atoms with Gasteiger partial charge in [-0.05, 0) is 11.5 Å². The first-order chi connectivity index (χ1) is 7.31. The lowest BCUT2D eigenvalue weighted by Gasteiger charge is -2.07. The fraction of sp³-hybridized carbons (Fsp3) is 0. The van der Waals surface area contributed by atoms with Gasteiger partial charge in [-0.1, -0.05) is 36.4 Å².